The summed E-state index contributed by atoms with van der Waals surface area (Å²) in [5.74, 6) is 1.20. The van der Waals surface area contributed by atoms with Crippen LogP contribution in [0.15, 0.2) is 0 Å². The number of hydrogen-bond donors (Lipinski definition) is 1. The Balaban J connectivity index is 2.27. The highest BCUT2D eigenvalue weighted by Gasteiger charge is 2.19. The van der Waals surface area contributed by atoms with Gasteiger partial charge in [-0.15, -0.1) is 0 Å². The fourth-order valence-corrected chi connectivity index (χ4v) is 2.03. The average Bonchev–Trinajstić information content (AvgIpc) is 2.07. The highest BCUT2D eigenvalue weighted by atomic mass is 32.2. The molecule has 1 rings (SSSR count). The quantitative estimate of drug-likeness (QED) is 0.681. The fraction of sp³-hybridized carbons (Fsp3) is 0.875. The second kappa shape index (κ2) is 4.78. The number of carbonyl (C=O) groups excluding carboxylic acids is 1. The van der Waals surface area contributed by atoms with Gasteiger partial charge in [0.05, 0.1) is 0 Å². The molecule has 3 heteroatoms. The Morgan fingerprint density at radius 2 is 2.55 bits per heavy atom. The van der Waals surface area contributed by atoms with Crippen molar-refractivity contribution in [3.8, 4) is 0 Å². The smallest absolute Gasteiger partial charge is 0.193 e. The molecule has 1 heterocycles. The molecule has 0 amide bonds. The van der Waals surface area contributed by atoms with Gasteiger partial charge in [0.1, 0.15) is 0 Å². The first-order chi connectivity index (χ1) is 5.34. The van der Waals surface area contributed by atoms with Gasteiger partial charge in [-0.1, -0.05) is 18.7 Å². The van der Waals surface area contributed by atoms with Gasteiger partial charge in [0, 0.05) is 12.5 Å². The Labute approximate surface area is 72.1 Å². The SMILES string of the molecule is CCSC(=O)C1CCCNC1. The van der Waals surface area contributed by atoms with E-state index in [9.17, 15) is 4.79 Å². The molecule has 0 radical (unpaired) electrons. The summed E-state index contributed by atoms with van der Waals surface area (Å²) in [6.45, 7) is 4.01. The predicted molar refractivity (Wildman–Crippen MR) is 48.7 cm³/mol. The molecular weight excluding hydrogens is 158 g/mol. The molecule has 0 saturated carbocycles. The monoisotopic (exact) mass is 173 g/mol. The fourth-order valence-electron chi connectivity index (χ4n) is 1.31. The van der Waals surface area contributed by atoms with Gasteiger partial charge in [-0.3, -0.25) is 4.79 Å². The van der Waals surface area contributed by atoms with E-state index in [0.717, 1.165) is 31.7 Å². The van der Waals surface area contributed by atoms with Crippen molar-refractivity contribution in [2.45, 2.75) is 19.8 Å². The van der Waals surface area contributed by atoms with Crippen molar-refractivity contribution in [1.82, 2.24) is 5.32 Å². The van der Waals surface area contributed by atoms with Gasteiger partial charge in [-0.25, -0.2) is 0 Å². The first kappa shape index (κ1) is 9.07. The summed E-state index contributed by atoms with van der Waals surface area (Å²) in [5, 5.41) is 3.61. The van der Waals surface area contributed by atoms with Crippen molar-refractivity contribution in [3.63, 3.8) is 0 Å². The van der Waals surface area contributed by atoms with Crippen LogP contribution >= 0.6 is 11.8 Å². The summed E-state index contributed by atoms with van der Waals surface area (Å²) >= 11 is 1.46. The Morgan fingerprint density at radius 3 is 3.09 bits per heavy atom. The zero-order valence-electron chi connectivity index (χ0n) is 6.93. The maximum atomic E-state index is 11.3. The van der Waals surface area contributed by atoms with Crippen LogP contribution in [-0.4, -0.2) is 24.0 Å². The van der Waals surface area contributed by atoms with E-state index in [4.69, 9.17) is 0 Å². The van der Waals surface area contributed by atoms with Crippen molar-refractivity contribution in [2.75, 3.05) is 18.8 Å². The molecule has 1 saturated heterocycles. The average molecular weight is 173 g/mol. The van der Waals surface area contributed by atoms with E-state index >= 15 is 0 Å². The highest BCUT2D eigenvalue weighted by molar-refractivity contribution is 8.13. The first-order valence-electron chi connectivity index (χ1n) is 4.22. The van der Waals surface area contributed by atoms with E-state index < -0.39 is 0 Å². The number of nitrogens with one attached hydrogen (secondary N) is 1. The Bertz CT molecular complexity index is 132. The van der Waals surface area contributed by atoms with E-state index in [2.05, 4.69) is 5.32 Å². The predicted octanol–water partition coefficient (Wildman–Crippen LogP) is 1.27. The van der Waals surface area contributed by atoms with Crippen LogP contribution in [0.5, 0.6) is 0 Å². The molecule has 1 atom stereocenters. The van der Waals surface area contributed by atoms with Crippen LogP contribution in [0.1, 0.15) is 19.8 Å². The van der Waals surface area contributed by atoms with Gasteiger partial charge in [0.25, 0.3) is 0 Å². The van der Waals surface area contributed by atoms with Gasteiger partial charge in [-0.2, -0.15) is 0 Å². The first-order valence-corrected chi connectivity index (χ1v) is 5.20. The summed E-state index contributed by atoms with van der Waals surface area (Å²) in [6, 6.07) is 0. The lowest BCUT2D eigenvalue weighted by Gasteiger charge is -2.20. The van der Waals surface area contributed by atoms with Crippen LogP contribution in [0, 0.1) is 5.92 Å². The lowest BCUT2D eigenvalue weighted by atomic mass is 10.0. The molecule has 1 aliphatic heterocycles. The molecule has 0 bridgehead atoms. The van der Waals surface area contributed by atoms with Crippen LogP contribution in [0.2, 0.25) is 0 Å². The van der Waals surface area contributed by atoms with Crippen molar-refractivity contribution in [3.05, 3.63) is 0 Å². The summed E-state index contributed by atoms with van der Waals surface area (Å²) in [7, 11) is 0. The Hall–Kier alpha value is -0.0200. The Kier molecular flexibility index (Phi) is 3.94. The molecule has 0 aliphatic carbocycles. The van der Waals surface area contributed by atoms with Gasteiger partial charge >= 0.3 is 0 Å². The van der Waals surface area contributed by atoms with Crippen LogP contribution in [0.4, 0.5) is 0 Å². The zero-order chi connectivity index (χ0) is 8.10. The second-order valence-electron chi connectivity index (χ2n) is 2.80. The molecule has 1 fully saturated rings. The zero-order valence-corrected chi connectivity index (χ0v) is 7.75. The minimum Gasteiger partial charge on any atom is -0.316 e. The normalized spacial score (nSPS) is 25.0. The standard InChI is InChI=1S/C8H15NOS/c1-2-11-8(10)7-4-3-5-9-6-7/h7,9H,2-6H2,1H3. The van der Waals surface area contributed by atoms with Crippen molar-refractivity contribution < 1.29 is 4.79 Å². The maximum Gasteiger partial charge on any atom is 0.193 e. The Morgan fingerprint density at radius 1 is 1.73 bits per heavy atom. The molecule has 0 aromatic carbocycles. The number of hydrogen-bond acceptors (Lipinski definition) is 3. The van der Waals surface area contributed by atoms with Gasteiger partial charge in [0.2, 0.25) is 0 Å². The van der Waals surface area contributed by atoms with Crippen molar-refractivity contribution in [2.24, 2.45) is 5.92 Å². The molecule has 1 N–H and O–H groups in total. The molecule has 0 aromatic heterocycles. The molecule has 0 aromatic rings. The largest absolute Gasteiger partial charge is 0.316 e. The number of thioether (sulfide) groups is 1. The number of piperidine rings is 1. The van der Waals surface area contributed by atoms with Crippen LogP contribution < -0.4 is 5.32 Å². The summed E-state index contributed by atoms with van der Waals surface area (Å²) in [4.78, 5) is 11.3. The topological polar surface area (TPSA) is 29.1 Å². The van der Waals surface area contributed by atoms with Gasteiger partial charge in [-0.05, 0) is 25.1 Å². The minimum absolute atomic E-state index is 0.286. The lowest BCUT2D eigenvalue weighted by molar-refractivity contribution is -0.114. The van der Waals surface area contributed by atoms with Crippen molar-refractivity contribution in [1.29, 1.82) is 0 Å². The minimum atomic E-state index is 0.286. The molecule has 64 valence electrons. The maximum absolute atomic E-state index is 11.3. The molecule has 2 nitrogen and oxygen atoms in total. The molecule has 1 unspecified atom stereocenters. The summed E-state index contributed by atoms with van der Waals surface area (Å²) in [5.41, 5.74) is 0. The van der Waals surface area contributed by atoms with Crippen LogP contribution in [-0.2, 0) is 4.79 Å². The van der Waals surface area contributed by atoms with Gasteiger partial charge in [0.15, 0.2) is 5.12 Å². The third-order valence-electron chi connectivity index (χ3n) is 1.92. The van der Waals surface area contributed by atoms with E-state index in [1.807, 2.05) is 6.92 Å². The second-order valence-corrected chi connectivity index (χ2v) is 4.06. The van der Waals surface area contributed by atoms with Crippen LogP contribution in [0.25, 0.3) is 0 Å². The van der Waals surface area contributed by atoms with E-state index in [1.165, 1.54) is 11.8 Å². The molecular formula is C8H15NOS. The number of rotatable bonds is 2. The molecule has 1 aliphatic rings. The number of carbonyl (C=O) groups is 1. The summed E-state index contributed by atoms with van der Waals surface area (Å²) < 4.78 is 0. The molecule has 11 heavy (non-hydrogen) atoms. The highest BCUT2D eigenvalue weighted by Crippen LogP contribution is 2.17. The molecule has 0 spiro atoms. The lowest BCUT2D eigenvalue weighted by Crippen LogP contribution is -2.33. The van der Waals surface area contributed by atoms with Gasteiger partial charge < -0.3 is 5.32 Å². The third-order valence-corrected chi connectivity index (χ3v) is 2.82. The van der Waals surface area contributed by atoms with Crippen LogP contribution in [0.3, 0.4) is 0 Å². The summed E-state index contributed by atoms with van der Waals surface area (Å²) in [6.07, 6.45) is 2.24. The van der Waals surface area contributed by atoms with E-state index in [1.54, 1.807) is 0 Å². The van der Waals surface area contributed by atoms with Crippen molar-refractivity contribution >= 4 is 16.9 Å². The van der Waals surface area contributed by atoms with E-state index in [0.29, 0.717) is 5.12 Å². The third kappa shape index (κ3) is 2.83. The van der Waals surface area contributed by atoms with E-state index in [-0.39, 0.29) is 5.92 Å².